The highest BCUT2D eigenvalue weighted by Crippen LogP contribution is 2.30. The number of anilines is 1. The van der Waals surface area contributed by atoms with Crippen molar-refractivity contribution >= 4 is 33.4 Å². The fourth-order valence-electron chi connectivity index (χ4n) is 2.39. The lowest BCUT2D eigenvalue weighted by Crippen LogP contribution is -2.27. The first kappa shape index (κ1) is 12.5. The summed E-state index contributed by atoms with van der Waals surface area (Å²) < 4.78 is 0. The highest BCUT2D eigenvalue weighted by molar-refractivity contribution is 7.14. The number of hydrogen-bond donors (Lipinski definition) is 2. The van der Waals surface area contributed by atoms with E-state index < -0.39 is 0 Å². The number of hydrogen-bond acceptors (Lipinski definition) is 5. The topological polar surface area (TPSA) is 83.6 Å². The van der Waals surface area contributed by atoms with Crippen molar-refractivity contribution in [3.8, 4) is 11.4 Å². The quantitative estimate of drug-likeness (QED) is 0.779. The molecule has 7 heteroatoms. The van der Waals surface area contributed by atoms with E-state index in [-0.39, 0.29) is 11.8 Å². The summed E-state index contributed by atoms with van der Waals surface area (Å²) in [6.45, 7) is 0. The fraction of sp³-hybridized carbons (Fsp3) is 0.286. The summed E-state index contributed by atoms with van der Waals surface area (Å²) >= 11 is 1.42. The molecule has 1 amide bonds. The molecule has 0 aromatic carbocycles. The molecule has 1 saturated carbocycles. The highest BCUT2D eigenvalue weighted by Gasteiger charge is 2.25. The predicted molar refractivity (Wildman–Crippen MR) is 81.0 cm³/mol. The van der Waals surface area contributed by atoms with Gasteiger partial charge in [-0.15, -0.1) is 11.3 Å². The number of nitrogens with zero attached hydrogens (tertiary/aromatic N) is 3. The fourth-order valence-corrected chi connectivity index (χ4v) is 3.09. The summed E-state index contributed by atoms with van der Waals surface area (Å²) in [4.78, 5) is 27.9. The molecule has 3 aromatic heterocycles. The summed E-state index contributed by atoms with van der Waals surface area (Å²) in [5.74, 6) is 0.240. The van der Waals surface area contributed by atoms with Gasteiger partial charge >= 0.3 is 0 Å². The van der Waals surface area contributed by atoms with Gasteiger partial charge < -0.3 is 10.3 Å². The molecule has 0 spiro atoms. The molecule has 0 unspecified atom stereocenters. The Morgan fingerprint density at radius 2 is 2.29 bits per heavy atom. The van der Waals surface area contributed by atoms with E-state index in [1.54, 1.807) is 0 Å². The lowest BCUT2D eigenvalue weighted by molar-refractivity contribution is -0.122. The Morgan fingerprint density at radius 3 is 3.10 bits per heavy atom. The Hall–Kier alpha value is -2.28. The van der Waals surface area contributed by atoms with Gasteiger partial charge in [0.2, 0.25) is 5.91 Å². The molecule has 21 heavy (non-hydrogen) atoms. The van der Waals surface area contributed by atoms with Crippen LogP contribution in [-0.2, 0) is 4.79 Å². The number of aromatic nitrogens is 4. The summed E-state index contributed by atoms with van der Waals surface area (Å²) in [5, 5.41) is 6.36. The summed E-state index contributed by atoms with van der Waals surface area (Å²) in [6, 6.07) is 1.93. The van der Waals surface area contributed by atoms with Gasteiger partial charge in [-0.1, -0.05) is 6.42 Å². The lowest BCUT2D eigenvalue weighted by atomic mass is 9.85. The van der Waals surface area contributed by atoms with Gasteiger partial charge in [-0.3, -0.25) is 4.79 Å². The molecule has 0 aliphatic heterocycles. The van der Waals surface area contributed by atoms with E-state index in [0.29, 0.717) is 5.13 Å². The van der Waals surface area contributed by atoms with Crippen molar-refractivity contribution in [3.05, 3.63) is 24.0 Å². The van der Waals surface area contributed by atoms with E-state index >= 15 is 0 Å². The van der Waals surface area contributed by atoms with Crippen molar-refractivity contribution in [2.24, 2.45) is 5.92 Å². The van der Waals surface area contributed by atoms with Crippen molar-refractivity contribution in [2.75, 3.05) is 5.32 Å². The summed E-state index contributed by atoms with van der Waals surface area (Å²) in [7, 11) is 0. The third-order valence-electron chi connectivity index (χ3n) is 3.81. The maximum Gasteiger partial charge on any atom is 0.229 e. The molecular formula is C14H13N5OS. The number of nitrogens with one attached hydrogen (secondary N) is 2. The van der Waals surface area contributed by atoms with Gasteiger partial charge in [0.15, 0.2) is 5.13 Å². The van der Waals surface area contributed by atoms with Crippen LogP contribution < -0.4 is 5.32 Å². The standard InChI is InChI=1S/C14H13N5OS/c20-13(8-2-1-3-8)19-14-18-10(6-21-14)11-9-4-5-15-12(9)17-7-16-11/h4-8H,1-3H2,(H,15,16,17)(H,18,19,20). The Morgan fingerprint density at radius 1 is 1.38 bits per heavy atom. The minimum atomic E-state index is 0.0802. The normalized spacial score (nSPS) is 15.0. The predicted octanol–water partition coefficient (Wildman–Crippen LogP) is 2.82. The van der Waals surface area contributed by atoms with E-state index in [1.807, 2.05) is 17.6 Å². The molecule has 3 aromatic rings. The Bertz CT molecular complexity index is 804. The molecule has 1 aliphatic carbocycles. The van der Waals surface area contributed by atoms with Gasteiger partial charge in [-0.25, -0.2) is 15.0 Å². The van der Waals surface area contributed by atoms with Crippen LogP contribution in [-0.4, -0.2) is 25.8 Å². The van der Waals surface area contributed by atoms with Crippen LogP contribution in [0, 0.1) is 5.92 Å². The van der Waals surface area contributed by atoms with E-state index in [1.165, 1.54) is 17.7 Å². The number of rotatable bonds is 3. The van der Waals surface area contributed by atoms with Crippen LogP contribution >= 0.6 is 11.3 Å². The highest BCUT2D eigenvalue weighted by atomic mass is 32.1. The zero-order valence-electron chi connectivity index (χ0n) is 11.2. The number of aromatic amines is 1. The van der Waals surface area contributed by atoms with E-state index in [4.69, 9.17) is 0 Å². The van der Waals surface area contributed by atoms with Gasteiger partial charge in [0.05, 0.1) is 0 Å². The second kappa shape index (κ2) is 4.92. The van der Waals surface area contributed by atoms with Crippen LogP contribution in [0.4, 0.5) is 5.13 Å². The molecule has 6 nitrogen and oxygen atoms in total. The average molecular weight is 299 g/mol. The van der Waals surface area contributed by atoms with Gasteiger partial charge in [0.1, 0.15) is 23.4 Å². The maximum atomic E-state index is 11.9. The zero-order chi connectivity index (χ0) is 14.2. The summed E-state index contributed by atoms with van der Waals surface area (Å²) in [5.41, 5.74) is 2.32. The van der Waals surface area contributed by atoms with Crippen LogP contribution in [0.3, 0.4) is 0 Å². The molecule has 106 valence electrons. The van der Waals surface area contributed by atoms with Crippen LogP contribution in [0.15, 0.2) is 24.0 Å². The van der Waals surface area contributed by atoms with Crippen LogP contribution in [0.2, 0.25) is 0 Å². The number of H-pyrrole nitrogens is 1. The van der Waals surface area contributed by atoms with Crippen molar-refractivity contribution in [2.45, 2.75) is 19.3 Å². The Kier molecular flexibility index (Phi) is 2.92. The van der Waals surface area contributed by atoms with Crippen LogP contribution in [0.25, 0.3) is 22.4 Å². The molecule has 3 heterocycles. The SMILES string of the molecule is O=C(Nc1nc(-c2ncnc3[nH]ccc23)cs1)C1CCC1. The minimum Gasteiger partial charge on any atom is -0.346 e. The van der Waals surface area contributed by atoms with Crippen molar-refractivity contribution in [3.63, 3.8) is 0 Å². The Labute approximate surface area is 124 Å². The van der Waals surface area contributed by atoms with Crippen LogP contribution in [0.1, 0.15) is 19.3 Å². The van der Waals surface area contributed by atoms with Gasteiger partial charge in [-0.2, -0.15) is 0 Å². The van der Waals surface area contributed by atoms with Gasteiger partial charge in [-0.05, 0) is 18.9 Å². The first-order chi connectivity index (χ1) is 10.3. The average Bonchev–Trinajstić information content (AvgIpc) is 3.04. The lowest BCUT2D eigenvalue weighted by Gasteiger charge is -2.23. The number of thiazole rings is 1. The molecule has 0 atom stereocenters. The van der Waals surface area contributed by atoms with Crippen molar-refractivity contribution in [1.82, 2.24) is 19.9 Å². The number of amides is 1. The summed E-state index contributed by atoms with van der Waals surface area (Å²) in [6.07, 6.45) is 6.46. The smallest absolute Gasteiger partial charge is 0.229 e. The zero-order valence-corrected chi connectivity index (χ0v) is 12.0. The molecule has 0 saturated heterocycles. The van der Waals surface area contributed by atoms with Gasteiger partial charge in [0.25, 0.3) is 0 Å². The van der Waals surface area contributed by atoms with Crippen molar-refractivity contribution in [1.29, 1.82) is 0 Å². The number of fused-ring (bicyclic) bond motifs is 1. The van der Waals surface area contributed by atoms with E-state index in [0.717, 1.165) is 41.7 Å². The third kappa shape index (κ3) is 2.19. The van der Waals surface area contributed by atoms with Gasteiger partial charge in [0, 0.05) is 22.9 Å². The largest absolute Gasteiger partial charge is 0.346 e. The van der Waals surface area contributed by atoms with E-state index in [9.17, 15) is 4.79 Å². The maximum absolute atomic E-state index is 11.9. The van der Waals surface area contributed by atoms with E-state index in [2.05, 4.69) is 25.3 Å². The Balaban J connectivity index is 1.61. The monoisotopic (exact) mass is 299 g/mol. The molecule has 1 fully saturated rings. The molecule has 4 rings (SSSR count). The third-order valence-corrected chi connectivity index (χ3v) is 4.56. The molecule has 0 radical (unpaired) electrons. The molecule has 2 N–H and O–H groups in total. The first-order valence-electron chi connectivity index (χ1n) is 6.86. The molecule has 1 aliphatic rings. The van der Waals surface area contributed by atoms with Crippen LogP contribution in [0.5, 0.6) is 0 Å². The number of carbonyl (C=O) groups excluding carboxylic acids is 1. The second-order valence-electron chi connectivity index (χ2n) is 5.12. The first-order valence-corrected chi connectivity index (χ1v) is 7.74. The second-order valence-corrected chi connectivity index (χ2v) is 5.98. The molecular weight excluding hydrogens is 286 g/mol. The minimum absolute atomic E-state index is 0.0802. The number of carbonyl (C=O) groups is 1. The van der Waals surface area contributed by atoms with Crippen molar-refractivity contribution < 1.29 is 4.79 Å². The molecule has 0 bridgehead atoms.